The lowest BCUT2D eigenvalue weighted by Gasteiger charge is -2.32. The SMILES string of the molecule is CN=C(NCCc1ccc(OC)c(OC)c1OC)N1CCC(N2CCOCC2)C1. The number of aliphatic imine (C=N–C) groups is 1. The van der Waals surface area contributed by atoms with Crippen molar-refractivity contribution in [2.75, 3.05) is 74.3 Å². The predicted octanol–water partition coefficient (Wildman–Crippen LogP) is 1.24. The summed E-state index contributed by atoms with van der Waals surface area (Å²) in [5, 5.41) is 3.51. The van der Waals surface area contributed by atoms with Gasteiger partial charge in [0.1, 0.15) is 0 Å². The van der Waals surface area contributed by atoms with E-state index in [9.17, 15) is 0 Å². The van der Waals surface area contributed by atoms with E-state index in [1.165, 1.54) is 6.42 Å². The molecular formula is C21H34N4O4. The van der Waals surface area contributed by atoms with Crippen molar-refractivity contribution in [3.63, 3.8) is 0 Å². The molecule has 1 aromatic rings. The summed E-state index contributed by atoms with van der Waals surface area (Å²) in [5.41, 5.74) is 1.07. The van der Waals surface area contributed by atoms with Crippen molar-refractivity contribution in [2.24, 2.45) is 4.99 Å². The Hall–Kier alpha value is -2.19. The van der Waals surface area contributed by atoms with Crippen LogP contribution in [0.25, 0.3) is 0 Å². The molecule has 2 aliphatic rings. The average molecular weight is 407 g/mol. The second-order valence-electron chi connectivity index (χ2n) is 7.25. The van der Waals surface area contributed by atoms with Crippen molar-refractivity contribution in [2.45, 2.75) is 18.9 Å². The summed E-state index contributed by atoms with van der Waals surface area (Å²) < 4.78 is 21.9. The summed E-state index contributed by atoms with van der Waals surface area (Å²) in [6, 6.07) is 4.52. The van der Waals surface area contributed by atoms with E-state index in [0.29, 0.717) is 17.5 Å². The highest BCUT2D eigenvalue weighted by molar-refractivity contribution is 5.80. The van der Waals surface area contributed by atoms with Gasteiger partial charge in [0.05, 0.1) is 34.5 Å². The molecular weight excluding hydrogens is 372 g/mol. The Morgan fingerprint density at radius 1 is 1.10 bits per heavy atom. The zero-order valence-electron chi connectivity index (χ0n) is 18.1. The number of nitrogens with one attached hydrogen (secondary N) is 1. The molecule has 0 bridgehead atoms. The highest BCUT2D eigenvalue weighted by atomic mass is 16.5. The Morgan fingerprint density at radius 2 is 1.86 bits per heavy atom. The summed E-state index contributed by atoms with van der Waals surface area (Å²) in [5.74, 6) is 2.98. The highest BCUT2D eigenvalue weighted by Crippen LogP contribution is 2.39. The minimum atomic E-state index is 0.586. The molecule has 2 saturated heterocycles. The zero-order valence-corrected chi connectivity index (χ0v) is 18.1. The fraction of sp³-hybridized carbons (Fsp3) is 0.667. The van der Waals surface area contributed by atoms with Gasteiger partial charge < -0.3 is 29.2 Å². The van der Waals surface area contributed by atoms with Crippen LogP contribution in [-0.4, -0.2) is 96.1 Å². The standard InChI is InChI=1S/C21H34N4O4/c1-22-21(25-10-8-17(15-25)24-11-13-29-14-12-24)23-9-7-16-5-6-18(26-2)20(28-4)19(16)27-3/h5-6,17H,7-15H2,1-4H3,(H,22,23). The van der Waals surface area contributed by atoms with E-state index in [-0.39, 0.29) is 0 Å². The van der Waals surface area contributed by atoms with Gasteiger partial charge in [0.25, 0.3) is 0 Å². The number of ether oxygens (including phenoxy) is 4. The van der Waals surface area contributed by atoms with E-state index in [4.69, 9.17) is 18.9 Å². The maximum absolute atomic E-state index is 5.59. The Balaban J connectivity index is 1.55. The third-order valence-electron chi connectivity index (χ3n) is 5.70. The molecule has 2 heterocycles. The number of hydrogen-bond acceptors (Lipinski definition) is 6. The highest BCUT2D eigenvalue weighted by Gasteiger charge is 2.30. The molecule has 29 heavy (non-hydrogen) atoms. The van der Waals surface area contributed by atoms with Gasteiger partial charge in [-0.15, -0.1) is 0 Å². The van der Waals surface area contributed by atoms with Crippen LogP contribution in [0.5, 0.6) is 17.2 Å². The van der Waals surface area contributed by atoms with Gasteiger partial charge >= 0.3 is 0 Å². The van der Waals surface area contributed by atoms with E-state index in [2.05, 4.69) is 20.1 Å². The van der Waals surface area contributed by atoms with E-state index >= 15 is 0 Å². The average Bonchev–Trinajstić information content (AvgIpc) is 3.26. The van der Waals surface area contributed by atoms with Gasteiger partial charge in [-0.05, 0) is 18.9 Å². The van der Waals surface area contributed by atoms with E-state index < -0.39 is 0 Å². The molecule has 8 nitrogen and oxygen atoms in total. The number of nitrogens with zero attached hydrogens (tertiary/aromatic N) is 3. The van der Waals surface area contributed by atoms with Crippen molar-refractivity contribution in [1.82, 2.24) is 15.1 Å². The quantitative estimate of drug-likeness (QED) is 0.540. The molecule has 1 unspecified atom stereocenters. The van der Waals surface area contributed by atoms with E-state index in [1.807, 2.05) is 19.2 Å². The van der Waals surface area contributed by atoms with Crippen LogP contribution in [-0.2, 0) is 11.2 Å². The number of rotatable bonds is 7. The van der Waals surface area contributed by atoms with Crippen molar-refractivity contribution in [1.29, 1.82) is 0 Å². The van der Waals surface area contributed by atoms with Gasteiger partial charge in [0.15, 0.2) is 17.5 Å². The molecule has 2 fully saturated rings. The molecule has 0 radical (unpaired) electrons. The Bertz CT molecular complexity index is 692. The first-order valence-electron chi connectivity index (χ1n) is 10.3. The van der Waals surface area contributed by atoms with Crippen LogP contribution >= 0.6 is 0 Å². The van der Waals surface area contributed by atoms with Gasteiger partial charge in [-0.3, -0.25) is 9.89 Å². The maximum Gasteiger partial charge on any atom is 0.203 e. The topological polar surface area (TPSA) is 67.8 Å². The minimum Gasteiger partial charge on any atom is -0.493 e. The number of benzene rings is 1. The fourth-order valence-electron chi connectivity index (χ4n) is 4.18. The predicted molar refractivity (Wildman–Crippen MR) is 114 cm³/mol. The van der Waals surface area contributed by atoms with Crippen LogP contribution in [0, 0.1) is 0 Å². The van der Waals surface area contributed by atoms with Crippen molar-refractivity contribution in [3.8, 4) is 17.2 Å². The molecule has 1 aromatic carbocycles. The Labute approximate surface area is 173 Å². The van der Waals surface area contributed by atoms with Crippen molar-refractivity contribution >= 4 is 5.96 Å². The fourth-order valence-corrected chi connectivity index (χ4v) is 4.18. The molecule has 0 spiro atoms. The molecule has 0 saturated carbocycles. The number of guanidine groups is 1. The largest absolute Gasteiger partial charge is 0.493 e. The minimum absolute atomic E-state index is 0.586. The summed E-state index contributed by atoms with van der Waals surface area (Å²) in [7, 11) is 6.76. The lowest BCUT2D eigenvalue weighted by molar-refractivity contribution is 0.0195. The molecule has 162 valence electrons. The molecule has 1 atom stereocenters. The number of methoxy groups -OCH3 is 3. The van der Waals surface area contributed by atoms with Crippen LogP contribution < -0.4 is 19.5 Å². The van der Waals surface area contributed by atoms with Gasteiger partial charge in [0, 0.05) is 51.4 Å². The maximum atomic E-state index is 5.59. The van der Waals surface area contributed by atoms with Crippen molar-refractivity contribution < 1.29 is 18.9 Å². The second-order valence-corrected chi connectivity index (χ2v) is 7.25. The number of likely N-dealkylation sites (tertiary alicyclic amines) is 1. The first-order chi connectivity index (χ1) is 14.2. The van der Waals surface area contributed by atoms with Crippen LogP contribution in [0.15, 0.2) is 17.1 Å². The molecule has 8 heteroatoms. The van der Waals surface area contributed by atoms with Crippen LogP contribution in [0.1, 0.15) is 12.0 Å². The molecule has 0 amide bonds. The summed E-state index contributed by atoms with van der Waals surface area (Å²) in [6.07, 6.45) is 1.97. The van der Waals surface area contributed by atoms with Crippen molar-refractivity contribution in [3.05, 3.63) is 17.7 Å². The van der Waals surface area contributed by atoms with Crippen LogP contribution in [0.3, 0.4) is 0 Å². The van der Waals surface area contributed by atoms with Gasteiger partial charge in [-0.1, -0.05) is 6.07 Å². The first-order valence-corrected chi connectivity index (χ1v) is 10.3. The second kappa shape index (κ2) is 10.5. The summed E-state index contributed by atoms with van der Waals surface area (Å²) in [6.45, 7) is 6.55. The summed E-state index contributed by atoms with van der Waals surface area (Å²) in [4.78, 5) is 9.40. The van der Waals surface area contributed by atoms with Gasteiger partial charge in [0.2, 0.25) is 5.75 Å². The Morgan fingerprint density at radius 3 is 2.52 bits per heavy atom. The molecule has 2 aliphatic heterocycles. The van der Waals surface area contributed by atoms with Gasteiger partial charge in [-0.2, -0.15) is 0 Å². The number of hydrogen-bond donors (Lipinski definition) is 1. The van der Waals surface area contributed by atoms with E-state index in [0.717, 1.165) is 69.6 Å². The molecule has 0 aliphatic carbocycles. The zero-order chi connectivity index (χ0) is 20.6. The lowest BCUT2D eigenvalue weighted by atomic mass is 10.1. The first kappa shape index (κ1) is 21.5. The summed E-state index contributed by atoms with van der Waals surface area (Å²) >= 11 is 0. The normalized spacial score (nSPS) is 20.6. The molecule has 3 rings (SSSR count). The third kappa shape index (κ3) is 5.05. The monoisotopic (exact) mass is 406 g/mol. The van der Waals surface area contributed by atoms with E-state index in [1.54, 1.807) is 21.3 Å². The Kier molecular flexibility index (Phi) is 7.83. The number of morpholine rings is 1. The molecule has 0 aromatic heterocycles. The van der Waals surface area contributed by atoms with Gasteiger partial charge in [-0.25, -0.2) is 0 Å². The molecule has 1 N–H and O–H groups in total. The van der Waals surface area contributed by atoms with Crippen LogP contribution in [0.4, 0.5) is 0 Å². The van der Waals surface area contributed by atoms with Crippen LogP contribution in [0.2, 0.25) is 0 Å². The smallest absolute Gasteiger partial charge is 0.203 e. The third-order valence-corrected chi connectivity index (χ3v) is 5.70. The lowest BCUT2D eigenvalue weighted by Crippen LogP contribution is -2.46.